The molecule has 1 aliphatic rings. The fraction of sp³-hybridized carbons (Fsp3) is 0.125. The fourth-order valence-corrected chi connectivity index (χ4v) is 1.20. The third kappa shape index (κ3) is 1.43. The number of amides is 1. The first-order valence-electron chi connectivity index (χ1n) is 4.05. The lowest BCUT2D eigenvalue weighted by molar-refractivity contribution is -0.112. The Morgan fingerprint density at radius 3 is 2.67 bits per heavy atom. The Bertz CT molecular complexity index is 512. The first kappa shape index (κ1) is 9.25. The molecule has 7 heteroatoms. The van der Waals surface area contributed by atoms with Crippen LogP contribution in [0.25, 0.3) is 5.57 Å². The lowest BCUT2D eigenvalue weighted by Gasteiger charge is -1.93. The van der Waals surface area contributed by atoms with Crippen LogP contribution in [0.5, 0.6) is 0 Å². The summed E-state index contributed by atoms with van der Waals surface area (Å²) in [6, 6.07) is 0. The average Bonchev–Trinajstić information content (AvgIpc) is 2.73. The number of hydrogen-bond donors (Lipinski definition) is 2. The molecule has 0 atom stereocenters. The summed E-state index contributed by atoms with van der Waals surface area (Å²) in [6.45, 7) is 1.60. The number of carboxylic acids is 1. The summed E-state index contributed by atoms with van der Waals surface area (Å²) in [4.78, 5) is 28.1. The van der Waals surface area contributed by atoms with E-state index in [0.29, 0.717) is 5.70 Å². The normalized spacial score (nSPS) is 15.1. The van der Waals surface area contributed by atoms with Gasteiger partial charge in [0.1, 0.15) is 17.1 Å². The van der Waals surface area contributed by atoms with Crippen LogP contribution in [0.1, 0.15) is 23.2 Å². The topological polar surface area (TPSA) is 108 Å². The summed E-state index contributed by atoms with van der Waals surface area (Å²) >= 11 is 0. The second-order valence-corrected chi connectivity index (χ2v) is 2.92. The number of H-pyrrole nitrogens is 1. The number of nitrogens with one attached hydrogen (secondary N) is 1. The number of azo groups is 1. The standard InChI is InChI=1S/C8H6N4O3/c1-3-5(7(13)12-11-3)6-9-2-4(10-6)8(14)15/h2H,1H3,(H,9,10)(H,14,15). The number of aromatic nitrogens is 2. The molecule has 1 aromatic rings. The van der Waals surface area contributed by atoms with Gasteiger partial charge in [0.2, 0.25) is 0 Å². The molecule has 1 aliphatic heterocycles. The van der Waals surface area contributed by atoms with Crippen LogP contribution in [0.4, 0.5) is 0 Å². The zero-order chi connectivity index (χ0) is 11.0. The quantitative estimate of drug-likeness (QED) is 0.746. The average molecular weight is 206 g/mol. The van der Waals surface area contributed by atoms with Crippen molar-refractivity contribution in [3.8, 4) is 0 Å². The van der Waals surface area contributed by atoms with Crippen molar-refractivity contribution in [3.05, 3.63) is 23.4 Å². The molecule has 2 rings (SSSR count). The Hall–Kier alpha value is -2.31. The predicted octanol–water partition coefficient (Wildman–Crippen LogP) is 0.831. The molecule has 0 saturated heterocycles. The van der Waals surface area contributed by atoms with Crippen molar-refractivity contribution in [1.82, 2.24) is 9.97 Å². The number of carbonyl (C=O) groups is 2. The minimum absolute atomic E-state index is 0.0787. The van der Waals surface area contributed by atoms with Gasteiger partial charge >= 0.3 is 11.9 Å². The van der Waals surface area contributed by atoms with Gasteiger partial charge in [0.05, 0.1) is 11.9 Å². The largest absolute Gasteiger partial charge is 0.477 e. The molecule has 1 amide bonds. The molecule has 0 unspecified atom stereocenters. The van der Waals surface area contributed by atoms with E-state index in [4.69, 9.17) is 5.11 Å². The summed E-state index contributed by atoms with van der Waals surface area (Å²) in [5.41, 5.74) is 0.554. The van der Waals surface area contributed by atoms with Gasteiger partial charge in [0.25, 0.3) is 0 Å². The number of aromatic amines is 1. The molecular formula is C8H6N4O3. The summed E-state index contributed by atoms with van der Waals surface area (Å²) in [5.74, 6) is -1.47. The van der Waals surface area contributed by atoms with Crippen molar-refractivity contribution in [2.45, 2.75) is 6.92 Å². The summed E-state index contributed by atoms with van der Waals surface area (Å²) in [6.07, 6.45) is 1.14. The molecule has 15 heavy (non-hydrogen) atoms. The maximum atomic E-state index is 11.2. The molecule has 1 aromatic heterocycles. The lowest BCUT2D eigenvalue weighted by Crippen LogP contribution is -2.00. The Balaban J connectivity index is 2.43. The zero-order valence-corrected chi connectivity index (χ0v) is 7.68. The number of hydrogen-bond acceptors (Lipinski definition) is 4. The van der Waals surface area contributed by atoms with E-state index in [2.05, 4.69) is 20.2 Å². The number of imidazole rings is 1. The number of allylic oxidation sites excluding steroid dienone is 1. The van der Waals surface area contributed by atoms with Gasteiger partial charge in [0, 0.05) is 0 Å². The first-order chi connectivity index (χ1) is 7.09. The van der Waals surface area contributed by atoms with Crippen LogP contribution in [0.2, 0.25) is 0 Å². The second-order valence-electron chi connectivity index (χ2n) is 2.92. The summed E-state index contributed by atoms with van der Waals surface area (Å²) < 4.78 is 0. The molecule has 0 spiro atoms. The Labute approximate surface area is 83.6 Å². The SMILES string of the molecule is CC1=C(c2ncc(C(=O)O)[nH]2)C(=O)N=N1. The number of aromatic carboxylic acids is 1. The highest BCUT2D eigenvalue weighted by atomic mass is 16.4. The minimum Gasteiger partial charge on any atom is -0.477 e. The van der Waals surface area contributed by atoms with Gasteiger partial charge in [-0.2, -0.15) is 5.11 Å². The van der Waals surface area contributed by atoms with Gasteiger partial charge in [-0.25, -0.2) is 9.78 Å². The van der Waals surface area contributed by atoms with E-state index in [1.54, 1.807) is 6.92 Å². The van der Waals surface area contributed by atoms with Crippen molar-refractivity contribution >= 4 is 17.4 Å². The maximum absolute atomic E-state index is 11.2. The van der Waals surface area contributed by atoms with E-state index in [9.17, 15) is 9.59 Å². The van der Waals surface area contributed by atoms with Crippen LogP contribution in [0.15, 0.2) is 22.1 Å². The molecular weight excluding hydrogens is 200 g/mol. The maximum Gasteiger partial charge on any atom is 0.353 e. The van der Waals surface area contributed by atoms with E-state index in [-0.39, 0.29) is 17.1 Å². The molecule has 0 aliphatic carbocycles. The fourth-order valence-electron chi connectivity index (χ4n) is 1.20. The van der Waals surface area contributed by atoms with E-state index in [0.717, 1.165) is 6.20 Å². The molecule has 0 aromatic carbocycles. The summed E-state index contributed by atoms with van der Waals surface area (Å²) in [7, 11) is 0. The molecule has 0 fully saturated rings. The molecule has 7 nitrogen and oxygen atoms in total. The van der Waals surface area contributed by atoms with Crippen LogP contribution in [-0.4, -0.2) is 27.0 Å². The molecule has 0 bridgehead atoms. The number of nitrogens with zero attached hydrogens (tertiary/aromatic N) is 3. The molecule has 2 N–H and O–H groups in total. The van der Waals surface area contributed by atoms with Crippen LogP contribution in [0, 0.1) is 0 Å². The third-order valence-electron chi connectivity index (χ3n) is 1.91. The van der Waals surface area contributed by atoms with Gasteiger partial charge < -0.3 is 10.1 Å². The van der Waals surface area contributed by atoms with Gasteiger partial charge in [-0.05, 0) is 6.92 Å². The Kier molecular flexibility index (Phi) is 1.93. The van der Waals surface area contributed by atoms with Crippen molar-refractivity contribution in [1.29, 1.82) is 0 Å². The van der Waals surface area contributed by atoms with Crippen LogP contribution < -0.4 is 0 Å². The Morgan fingerprint density at radius 2 is 2.20 bits per heavy atom. The predicted molar refractivity (Wildman–Crippen MR) is 48.0 cm³/mol. The van der Waals surface area contributed by atoms with Crippen molar-refractivity contribution in [2.75, 3.05) is 0 Å². The van der Waals surface area contributed by atoms with E-state index < -0.39 is 11.9 Å². The van der Waals surface area contributed by atoms with Gasteiger partial charge in [0.15, 0.2) is 0 Å². The first-order valence-corrected chi connectivity index (χ1v) is 4.05. The van der Waals surface area contributed by atoms with E-state index in [1.165, 1.54) is 0 Å². The molecule has 0 saturated carbocycles. The zero-order valence-electron chi connectivity index (χ0n) is 7.68. The number of carbonyl (C=O) groups excluding carboxylic acids is 1. The molecule has 0 radical (unpaired) electrons. The van der Waals surface area contributed by atoms with Crippen molar-refractivity contribution in [3.63, 3.8) is 0 Å². The van der Waals surface area contributed by atoms with E-state index in [1.807, 2.05) is 0 Å². The number of carboxylic acid groups (broad SMARTS) is 1. The lowest BCUT2D eigenvalue weighted by atomic mass is 10.2. The number of rotatable bonds is 2. The minimum atomic E-state index is -1.13. The van der Waals surface area contributed by atoms with Crippen molar-refractivity contribution < 1.29 is 14.7 Å². The van der Waals surface area contributed by atoms with Gasteiger partial charge in [-0.3, -0.25) is 4.79 Å². The molecule has 76 valence electrons. The highest BCUT2D eigenvalue weighted by Crippen LogP contribution is 2.23. The van der Waals surface area contributed by atoms with Crippen LogP contribution >= 0.6 is 0 Å². The Morgan fingerprint density at radius 1 is 1.47 bits per heavy atom. The van der Waals surface area contributed by atoms with Crippen molar-refractivity contribution in [2.24, 2.45) is 10.2 Å². The smallest absolute Gasteiger partial charge is 0.353 e. The van der Waals surface area contributed by atoms with E-state index >= 15 is 0 Å². The van der Waals surface area contributed by atoms with Gasteiger partial charge in [-0.1, -0.05) is 0 Å². The van der Waals surface area contributed by atoms with Gasteiger partial charge in [-0.15, -0.1) is 5.11 Å². The highest BCUT2D eigenvalue weighted by Gasteiger charge is 2.23. The van der Waals surface area contributed by atoms with Crippen LogP contribution in [-0.2, 0) is 4.79 Å². The second kappa shape index (κ2) is 3.12. The third-order valence-corrected chi connectivity index (χ3v) is 1.91. The summed E-state index contributed by atoms with van der Waals surface area (Å²) in [5, 5.41) is 15.6. The monoisotopic (exact) mass is 206 g/mol. The van der Waals surface area contributed by atoms with Crippen LogP contribution in [0.3, 0.4) is 0 Å². The molecule has 2 heterocycles. The highest BCUT2D eigenvalue weighted by molar-refractivity contribution is 6.21.